The molecule has 0 rings (SSSR count). The summed E-state index contributed by atoms with van der Waals surface area (Å²) in [5.74, 6) is -0.0267. The average molecular weight is 214 g/mol. The summed E-state index contributed by atoms with van der Waals surface area (Å²) < 4.78 is -0.231. The van der Waals surface area contributed by atoms with E-state index in [-0.39, 0.29) is 16.3 Å². The first kappa shape index (κ1) is 13.3. The number of ketones is 1. The fourth-order valence-electron chi connectivity index (χ4n) is 0.743. The lowest BCUT2D eigenvalue weighted by atomic mass is 10.1. The van der Waals surface area contributed by atoms with Crippen molar-refractivity contribution in [1.82, 2.24) is 0 Å². The quantitative estimate of drug-likeness (QED) is 0.442. The molecule has 0 aromatic heterocycles. The fourth-order valence-corrected chi connectivity index (χ4v) is 1.72. The van der Waals surface area contributed by atoms with Crippen LogP contribution in [0.1, 0.15) is 34.6 Å². The van der Waals surface area contributed by atoms with Crippen molar-refractivity contribution in [2.45, 2.75) is 39.4 Å². The first-order valence-corrected chi connectivity index (χ1v) is 5.26. The Morgan fingerprint density at radius 3 is 1.93 bits per heavy atom. The predicted octanol–water partition coefficient (Wildman–Crippen LogP) is 3.45. The smallest absolute Gasteiger partial charge is 0.169 e. The largest absolute Gasteiger partial charge is 0.511 e. The number of aliphatic hydroxyl groups excluding tert-OH is 1. The minimum Gasteiger partial charge on any atom is -0.511 e. The molecule has 1 N–H and O–H groups in total. The van der Waals surface area contributed by atoms with E-state index in [4.69, 9.17) is 0 Å². The third kappa shape index (κ3) is 3.58. The summed E-state index contributed by atoms with van der Waals surface area (Å²) in [6.07, 6.45) is 0. The van der Waals surface area contributed by atoms with Gasteiger partial charge in [-0.3, -0.25) is 4.79 Å². The Bertz CT molecular complexity index is 284. The third-order valence-corrected chi connectivity index (χ3v) is 3.68. The van der Waals surface area contributed by atoms with Crippen molar-refractivity contribution in [2.75, 3.05) is 0 Å². The molecule has 0 aliphatic heterocycles. The zero-order chi connectivity index (χ0) is 11.5. The summed E-state index contributed by atoms with van der Waals surface area (Å²) in [6.45, 7) is 12.7. The topological polar surface area (TPSA) is 37.3 Å². The average Bonchev–Trinajstić information content (AvgIpc) is 1.98. The molecule has 0 heterocycles. The van der Waals surface area contributed by atoms with Crippen LogP contribution in [0.2, 0.25) is 0 Å². The lowest BCUT2D eigenvalue weighted by Crippen LogP contribution is -2.17. The SMILES string of the molecule is C=C(C)C(C)(C)S/C(C(C)=O)=C(\C)O. The molecule has 0 aromatic rings. The summed E-state index contributed by atoms with van der Waals surface area (Å²) in [5, 5.41) is 9.34. The van der Waals surface area contributed by atoms with E-state index in [0.29, 0.717) is 4.91 Å². The van der Waals surface area contributed by atoms with Gasteiger partial charge in [-0.1, -0.05) is 12.2 Å². The van der Waals surface area contributed by atoms with Gasteiger partial charge in [-0.2, -0.15) is 0 Å². The minimum absolute atomic E-state index is 0.0804. The Morgan fingerprint density at radius 2 is 1.71 bits per heavy atom. The van der Waals surface area contributed by atoms with Gasteiger partial charge in [0.1, 0.15) is 5.76 Å². The van der Waals surface area contributed by atoms with Crippen LogP contribution in [0, 0.1) is 0 Å². The lowest BCUT2D eigenvalue weighted by molar-refractivity contribution is -0.113. The molecule has 0 radical (unpaired) electrons. The van der Waals surface area contributed by atoms with Gasteiger partial charge in [0.15, 0.2) is 5.78 Å². The number of Topliss-reactive ketones (excluding diaryl/α,β-unsaturated/α-hetero) is 1. The highest BCUT2D eigenvalue weighted by Crippen LogP contribution is 2.37. The van der Waals surface area contributed by atoms with Crippen LogP contribution in [0.25, 0.3) is 0 Å². The zero-order valence-electron chi connectivity index (χ0n) is 9.47. The van der Waals surface area contributed by atoms with Crippen LogP contribution in [0.15, 0.2) is 22.8 Å². The Balaban J connectivity index is 4.90. The van der Waals surface area contributed by atoms with Gasteiger partial charge >= 0.3 is 0 Å². The molecule has 0 saturated heterocycles. The predicted molar refractivity (Wildman–Crippen MR) is 62.5 cm³/mol. The van der Waals surface area contributed by atoms with Gasteiger partial charge in [0, 0.05) is 4.75 Å². The molecule has 2 nitrogen and oxygen atoms in total. The van der Waals surface area contributed by atoms with Crippen molar-refractivity contribution >= 4 is 17.5 Å². The number of allylic oxidation sites excluding steroid dienone is 2. The van der Waals surface area contributed by atoms with Crippen LogP contribution in [0.3, 0.4) is 0 Å². The highest BCUT2D eigenvalue weighted by atomic mass is 32.2. The molecular weight excluding hydrogens is 196 g/mol. The van der Waals surface area contributed by atoms with Crippen LogP contribution in [-0.2, 0) is 4.79 Å². The van der Waals surface area contributed by atoms with Crippen LogP contribution in [0.4, 0.5) is 0 Å². The normalized spacial score (nSPS) is 13.5. The summed E-state index contributed by atoms with van der Waals surface area (Å²) >= 11 is 1.35. The van der Waals surface area contributed by atoms with Crippen molar-refractivity contribution in [1.29, 1.82) is 0 Å². The maximum atomic E-state index is 11.2. The Labute approximate surface area is 90.1 Å². The Kier molecular flexibility index (Phi) is 4.46. The van der Waals surface area contributed by atoms with Crippen LogP contribution in [-0.4, -0.2) is 15.6 Å². The monoisotopic (exact) mass is 214 g/mol. The summed E-state index contributed by atoms with van der Waals surface area (Å²) in [7, 11) is 0. The standard InChI is InChI=1S/C11H18O2S/c1-7(2)11(5,6)14-10(8(3)12)9(4)13/h12H,1H2,2-6H3/b10-8+. The van der Waals surface area contributed by atoms with E-state index in [2.05, 4.69) is 6.58 Å². The zero-order valence-corrected chi connectivity index (χ0v) is 10.3. The van der Waals surface area contributed by atoms with Crippen molar-refractivity contribution in [3.05, 3.63) is 22.8 Å². The van der Waals surface area contributed by atoms with E-state index in [9.17, 15) is 9.90 Å². The molecule has 0 spiro atoms. The number of hydrogen-bond donors (Lipinski definition) is 1. The van der Waals surface area contributed by atoms with E-state index in [1.54, 1.807) is 0 Å². The molecule has 0 aliphatic carbocycles. The van der Waals surface area contributed by atoms with Gasteiger partial charge in [-0.15, -0.1) is 11.8 Å². The van der Waals surface area contributed by atoms with Gasteiger partial charge in [0.25, 0.3) is 0 Å². The molecule has 0 amide bonds. The van der Waals surface area contributed by atoms with Crippen LogP contribution in [0.5, 0.6) is 0 Å². The van der Waals surface area contributed by atoms with Crippen LogP contribution < -0.4 is 0 Å². The van der Waals surface area contributed by atoms with E-state index in [1.807, 2.05) is 20.8 Å². The molecule has 0 atom stereocenters. The van der Waals surface area contributed by atoms with Crippen molar-refractivity contribution in [2.24, 2.45) is 0 Å². The Hall–Kier alpha value is -0.700. The van der Waals surface area contributed by atoms with Crippen molar-refractivity contribution in [3.8, 4) is 0 Å². The number of hydrogen-bond acceptors (Lipinski definition) is 3. The maximum Gasteiger partial charge on any atom is 0.169 e. The number of carbonyl (C=O) groups is 1. The fraction of sp³-hybridized carbons (Fsp3) is 0.545. The van der Waals surface area contributed by atoms with E-state index < -0.39 is 0 Å². The molecule has 3 heteroatoms. The maximum absolute atomic E-state index is 11.2. The molecule has 14 heavy (non-hydrogen) atoms. The molecule has 0 fully saturated rings. The number of aliphatic hydroxyl groups is 1. The molecule has 0 aliphatic rings. The summed E-state index contributed by atoms with van der Waals surface area (Å²) in [6, 6.07) is 0. The van der Waals surface area contributed by atoms with Gasteiger partial charge in [-0.25, -0.2) is 0 Å². The van der Waals surface area contributed by atoms with Crippen molar-refractivity contribution < 1.29 is 9.90 Å². The second kappa shape index (κ2) is 4.69. The second-order valence-electron chi connectivity index (χ2n) is 3.86. The lowest BCUT2D eigenvalue weighted by Gasteiger charge is -2.25. The first-order chi connectivity index (χ1) is 6.18. The molecule has 0 saturated carbocycles. The van der Waals surface area contributed by atoms with E-state index in [0.717, 1.165) is 5.57 Å². The molecule has 80 valence electrons. The first-order valence-electron chi connectivity index (χ1n) is 4.44. The molecule has 0 aromatic carbocycles. The number of thioether (sulfide) groups is 1. The third-order valence-electron chi connectivity index (χ3n) is 2.03. The van der Waals surface area contributed by atoms with Gasteiger partial charge in [-0.05, 0) is 34.6 Å². The van der Waals surface area contributed by atoms with Gasteiger partial charge in [0.05, 0.1) is 4.91 Å². The van der Waals surface area contributed by atoms with Crippen molar-refractivity contribution in [3.63, 3.8) is 0 Å². The highest BCUT2D eigenvalue weighted by molar-refractivity contribution is 8.05. The van der Waals surface area contributed by atoms with E-state index in [1.165, 1.54) is 25.6 Å². The Morgan fingerprint density at radius 1 is 1.29 bits per heavy atom. The molecule has 0 bridgehead atoms. The number of rotatable bonds is 4. The highest BCUT2D eigenvalue weighted by Gasteiger charge is 2.24. The van der Waals surface area contributed by atoms with Crippen LogP contribution >= 0.6 is 11.8 Å². The second-order valence-corrected chi connectivity index (χ2v) is 5.50. The minimum atomic E-state index is -0.231. The summed E-state index contributed by atoms with van der Waals surface area (Å²) in [4.78, 5) is 11.6. The number of carbonyl (C=O) groups excluding carboxylic acids is 1. The van der Waals surface area contributed by atoms with Gasteiger partial charge in [0.2, 0.25) is 0 Å². The molecule has 0 unspecified atom stereocenters. The van der Waals surface area contributed by atoms with Gasteiger partial charge < -0.3 is 5.11 Å². The van der Waals surface area contributed by atoms with E-state index >= 15 is 0 Å². The molecular formula is C11H18O2S. The summed E-state index contributed by atoms with van der Waals surface area (Å²) in [5.41, 5.74) is 0.975.